The molecule has 0 unspecified atom stereocenters. The Bertz CT molecular complexity index is 1210. The zero-order chi connectivity index (χ0) is 24.1. The van der Waals surface area contributed by atoms with Crippen LogP contribution in [0.25, 0.3) is 0 Å². The fraction of sp³-hybridized carbons (Fsp3) is 0.174. The van der Waals surface area contributed by atoms with Crippen molar-refractivity contribution in [3.63, 3.8) is 0 Å². The van der Waals surface area contributed by atoms with Crippen molar-refractivity contribution < 1.29 is 19.4 Å². The summed E-state index contributed by atoms with van der Waals surface area (Å²) >= 11 is 5.80. The van der Waals surface area contributed by atoms with E-state index in [9.17, 15) is 25.0 Å². The molecule has 170 valence electrons. The van der Waals surface area contributed by atoms with Gasteiger partial charge in [-0.1, -0.05) is 49.7 Å². The predicted molar refractivity (Wildman–Crippen MR) is 124 cm³/mol. The lowest BCUT2D eigenvalue weighted by Gasteiger charge is -2.13. The quantitative estimate of drug-likeness (QED) is 0.313. The fourth-order valence-electron chi connectivity index (χ4n) is 3.00. The summed E-state index contributed by atoms with van der Waals surface area (Å²) in [6.07, 6.45) is 0. The van der Waals surface area contributed by atoms with Crippen LogP contribution in [0.15, 0.2) is 60.7 Å². The van der Waals surface area contributed by atoms with Gasteiger partial charge in [-0.3, -0.25) is 25.0 Å². The van der Waals surface area contributed by atoms with E-state index < -0.39 is 21.4 Å². The number of amides is 1. The number of hydrogen-bond donors (Lipinski definition) is 1. The van der Waals surface area contributed by atoms with Gasteiger partial charge >= 0.3 is 0 Å². The highest BCUT2D eigenvalue weighted by atomic mass is 35.5. The maximum atomic E-state index is 12.7. The molecule has 0 saturated heterocycles. The number of nitrogens with one attached hydrogen (secondary N) is 1. The number of nitrogens with zero attached hydrogens (tertiary/aromatic N) is 2. The summed E-state index contributed by atoms with van der Waals surface area (Å²) in [5.41, 5.74) is 1.58. The summed E-state index contributed by atoms with van der Waals surface area (Å²) in [6, 6.07) is 15.2. The maximum absolute atomic E-state index is 12.7. The first-order chi connectivity index (χ1) is 15.7. The molecule has 3 aromatic carbocycles. The minimum atomic E-state index is -0.690. The Morgan fingerprint density at radius 1 is 1.00 bits per heavy atom. The average Bonchev–Trinajstić information content (AvgIpc) is 2.78. The summed E-state index contributed by atoms with van der Waals surface area (Å²) in [5, 5.41) is 24.8. The van der Waals surface area contributed by atoms with E-state index in [1.54, 1.807) is 0 Å². The van der Waals surface area contributed by atoms with Crippen molar-refractivity contribution in [3.05, 3.63) is 103 Å². The molecule has 10 heteroatoms. The van der Waals surface area contributed by atoms with Gasteiger partial charge in [0.15, 0.2) is 0 Å². The first kappa shape index (κ1) is 23.7. The zero-order valence-corrected chi connectivity index (χ0v) is 18.5. The molecule has 0 heterocycles. The van der Waals surface area contributed by atoms with Crippen molar-refractivity contribution in [3.8, 4) is 5.75 Å². The van der Waals surface area contributed by atoms with Crippen molar-refractivity contribution in [2.75, 3.05) is 5.32 Å². The Morgan fingerprint density at radius 2 is 1.70 bits per heavy atom. The van der Waals surface area contributed by atoms with Crippen LogP contribution >= 0.6 is 11.6 Å². The number of carbonyl (C=O) groups is 1. The highest BCUT2D eigenvalue weighted by molar-refractivity contribution is 6.32. The van der Waals surface area contributed by atoms with E-state index in [1.165, 1.54) is 35.9 Å². The van der Waals surface area contributed by atoms with Crippen LogP contribution in [0.4, 0.5) is 17.1 Å². The molecular weight excluding hydrogens is 450 g/mol. The molecule has 0 fully saturated rings. The third kappa shape index (κ3) is 5.83. The van der Waals surface area contributed by atoms with Gasteiger partial charge in [-0.05, 0) is 35.2 Å². The molecule has 3 rings (SSSR count). The van der Waals surface area contributed by atoms with Crippen LogP contribution in [-0.4, -0.2) is 15.8 Å². The van der Waals surface area contributed by atoms with Gasteiger partial charge in [-0.25, -0.2) is 0 Å². The van der Waals surface area contributed by atoms with Gasteiger partial charge in [0.2, 0.25) is 0 Å². The fourth-order valence-corrected chi connectivity index (χ4v) is 3.18. The van der Waals surface area contributed by atoms with Gasteiger partial charge in [0.1, 0.15) is 17.4 Å². The van der Waals surface area contributed by atoms with E-state index in [-0.39, 0.29) is 34.3 Å². The summed E-state index contributed by atoms with van der Waals surface area (Å²) in [4.78, 5) is 33.7. The molecule has 33 heavy (non-hydrogen) atoms. The topological polar surface area (TPSA) is 125 Å². The molecule has 1 amide bonds. The van der Waals surface area contributed by atoms with Gasteiger partial charge in [0.05, 0.1) is 21.6 Å². The number of anilines is 1. The summed E-state index contributed by atoms with van der Waals surface area (Å²) in [5.74, 6) is -0.189. The maximum Gasteiger partial charge on any atom is 0.288 e. The average molecular weight is 470 g/mol. The molecular formula is C23H20ClN3O6. The number of benzene rings is 3. The van der Waals surface area contributed by atoms with Gasteiger partial charge in [0.25, 0.3) is 17.3 Å². The first-order valence-corrected chi connectivity index (χ1v) is 10.3. The first-order valence-electron chi connectivity index (χ1n) is 9.91. The lowest BCUT2D eigenvalue weighted by molar-refractivity contribution is -0.385. The largest absolute Gasteiger partial charge is 0.486 e. The number of halogens is 1. The molecule has 0 aliphatic carbocycles. The van der Waals surface area contributed by atoms with E-state index in [2.05, 4.69) is 19.2 Å². The predicted octanol–water partition coefficient (Wildman–Crippen LogP) is 6.11. The van der Waals surface area contributed by atoms with E-state index in [1.807, 2.05) is 24.3 Å². The second-order valence-electron chi connectivity index (χ2n) is 7.50. The lowest BCUT2D eigenvalue weighted by atomic mass is 10.0. The third-order valence-electron chi connectivity index (χ3n) is 4.87. The minimum Gasteiger partial charge on any atom is -0.486 e. The molecule has 0 spiro atoms. The molecule has 0 saturated carbocycles. The van der Waals surface area contributed by atoms with Gasteiger partial charge in [0, 0.05) is 17.7 Å². The van der Waals surface area contributed by atoms with Crippen LogP contribution < -0.4 is 10.1 Å². The second kappa shape index (κ2) is 10.1. The molecule has 0 bridgehead atoms. The Morgan fingerprint density at radius 3 is 2.30 bits per heavy atom. The minimum absolute atomic E-state index is 0.000299. The normalized spacial score (nSPS) is 10.7. The summed E-state index contributed by atoms with van der Waals surface area (Å²) < 4.78 is 5.78. The van der Waals surface area contributed by atoms with Crippen molar-refractivity contribution >= 4 is 34.6 Å². The highest BCUT2D eigenvalue weighted by Crippen LogP contribution is 2.31. The number of rotatable bonds is 8. The van der Waals surface area contributed by atoms with Crippen molar-refractivity contribution in [1.82, 2.24) is 0 Å². The van der Waals surface area contributed by atoms with Crippen molar-refractivity contribution in [2.24, 2.45) is 0 Å². The van der Waals surface area contributed by atoms with E-state index in [4.69, 9.17) is 16.3 Å². The van der Waals surface area contributed by atoms with Gasteiger partial charge < -0.3 is 10.1 Å². The summed E-state index contributed by atoms with van der Waals surface area (Å²) in [7, 11) is 0. The van der Waals surface area contributed by atoms with Gasteiger partial charge in [-0.15, -0.1) is 0 Å². The van der Waals surface area contributed by atoms with Crippen LogP contribution in [0.2, 0.25) is 5.02 Å². The Kier molecular flexibility index (Phi) is 7.24. The number of nitro groups is 2. The number of nitro benzene ring substituents is 2. The number of non-ortho nitro benzene ring substituents is 1. The van der Waals surface area contributed by atoms with E-state index in [0.29, 0.717) is 5.92 Å². The van der Waals surface area contributed by atoms with Crippen molar-refractivity contribution in [1.29, 1.82) is 0 Å². The molecule has 0 aromatic heterocycles. The Balaban J connectivity index is 1.84. The Labute approximate surface area is 194 Å². The van der Waals surface area contributed by atoms with Crippen LogP contribution in [0.1, 0.15) is 41.3 Å². The van der Waals surface area contributed by atoms with Crippen molar-refractivity contribution in [2.45, 2.75) is 26.4 Å². The van der Waals surface area contributed by atoms with Crippen LogP contribution in [0.3, 0.4) is 0 Å². The molecule has 0 radical (unpaired) electrons. The standard InChI is InChI=1S/C23H20ClN3O6/c1-14(2)16-5-3-15(4-6-16)13-33-22-12-18(26(29)30)8-10-20(22)25-23(28)17-7-9-19(24)21(11-17)27(31)32/h3-12,14H,13H2,1-2H3,(H,25,28). The molecule has 9 nitrogen and oxygen atoms in total. The Hall–Kier alpha value is -3.98. The zero-order valence-electron chi connectivity index (χ0n) is 17.8. The molecule has 3 aromatic rings. The molecule has 1 N–H and O–H groups in total. The molecule has 0 aliphatic heterocycles. The summed E-state index contributed by atoms with van der Waals surface area (Å²) in [6.45, 7) is 4.28. The monoisotopic (exact) mass is 469 g/mol. The lowest BCUT2D eigenvalue weighted by Crippen LogP contribution is -2.13. The smallest absolute Gasteiger partial charge is 0.288 e. The highest BCUT2D eigenvalue weighted by Gasteiger charge is 2.19. The van der Waals surface area contributed by atoms with Crippen LogP contribution in [0.5, 0.6) is 5.75 Å². The molecule has 0 atom stereocenters. The number of carbonyl (C=O) groups excluding carboxylic acids is 1. The SMILES string of the molecule is CC(C)c1ccc(COc2cc([N+](=O)[O-])ccc2NC(=O)c2ccc(Cl)c([N+](=O)[O-])c2)cc1. The van der Waals surface area contributed by atoms with Gasteiger partial charge in [-0.2, -0.15) is 0 Å². The van der Waals surface area contributed by atoms with E-state index in [0.717, 1.165) is 11.6 Å². The molecule has 0 aliphatic rings. The van der Waals surface area contributed by atoms with E-state index >= 15 is 0 Å². The second-order valence-corrected chi connectivity index (χ2v) is 7.91. The van der Waals surface area contributed by atoms with Crippen LogP contribution in [0, 0.1) is 20.2 Å². The third-order valence-corrected chi connectivity index (χ3v) is 5.19. The number of ether oxygens (including phenoxy) is 1. The van der Waals surface area contributed by atoms with Crippen LogP contribution in [-0.2, 0) is 6.61 Å². The number of hydrogen-bond acceptors (Lipinski definition) is 6.